The van der Waals surface area contributed by atoms with Crippen LogP contribution in [0.25, 0.3) is 0 Å². The third kappa shape index (κ3) is 2.34. The van der Waals surface area contributed by atoms with Gasteiger partial charge in [-0.3, -0.25) is 4.99 Å². The number of nitrogens with zero attached hydrogens (tertiary/aromatic N) is 1. The fourth-order valence-corrected chi connectivity index (χ4v) is 2.48. The van der Waals surface area contributed by atoms with Crippen molar-refractivity contribution in [1.82, 2.24) is 5.32 Å². The van der Waals surface area contributed by atoms with E-state index in [1.165, 1.54) is 16.7 Å². The third-order valence-corrected chi connectivity index (χ3v) is 3.37. The largest absolute Gasteiger partial charge is 0.370 e. The van der Waals surface area contributed by atoms with Gasteiger partial charge in [0.05, 0.1) is 12.6 Å². The maximum atomic E-state index is 6.31. The molecule has 1 heterocycles. The van der Waals surface area contributed by atoms with E-state index in [-0.39, 0.29) is 6.04 Å². The van der Waals surface area contributed by atoms with E-state index in [9.17, 15) is 0 Å². The monoisotopic (exact) mass is 231 g/mol. The topological polar surface area (TPSA) is 50.4 Å². The highest BCUT2D eigenvalue weighted by Gasteiger charge is 2.19. The molecule has 0 amide bonds. The van der Waals surface area contributed by atoms with Gasteiger partial charge in [0.2, 0.25) is 0 Å². The first-order chi connectivity index (χ1) is 8.27. The lowest BCUT2D eigenvalue weighted by molar-refractivity contribution is 0.868. The van der Waals surface area contributed by atoms with Crippen molar-refractivity contribution in [2.45, 2.75) is 32.7 Å². The lowest BCUT2D eigenvalue weighted by Crippen LogP contribution is -2.31. The SMILES string of the molecule is CCc1cccc(C(N)C2=NCCN2)c1CC. The molecule has 3 N–H and O–H groups in total. The molecule has 1 aromatic carbocycles. The van der Waals surface area contributed by atoms with Crippen LogP contribution in [0.5, 0.6) is 0 Å². The molecule has 0 fully saturated rings. The average Bonchev–Trinajstić information content (AvgIpc) is 2.90. The number of aryl methyl sites for hydroxylation is 1. The lowest BCUT2D eigenvalue weighted by atomic mass is 9.92. The summed E-state index contributed by atoms with van der Waals surface area (Å²) in [5, 5.41) is 3.27. The molecule has 0 spiro atoms. The Morgan fingerprint density at radius 3 is 2.76 bits per heavy atom. The van der Waals surface area contributed by atoms with Crippen molar-refractivity contribution in [2.24, 2.45) is 10.7 Å². The summed E-state index contributed by atoms with van der Waals surface area (Å²) in [6.45, 7) is 6.14. The number of amidine groups is 1. The molecule has 3 heteroatoms. The minimum atomic E-state index is -0.0982. The van der Waals surface area contributed by atoms with Crippen LogP contribution >= 0.6 is 0 Å². The molecular weight excluding hydrogens is 210 g/mol. The van der Waals surface area contributed by atoms with Crippen molar-refractivity contribution in [3.63, 3.8) is 0 Å². The van der Waals surface area contributed by atoms with Crippen molar-refractivity contribution in [1.29, 1.82) is 0 Å². The second kappa shape index (κ2) is 5.32. The predicted molar refractivity (Wildman–Crippen MR) is 72.4 cm³/mol. The summed E-state index contributed by atoms with van der Waals surface area (Å²) in [7, 11) is 0. The zero-order valence-corrected chi connectivity index (χ0v) is 10.7. The van der Waals surface area contributed by atoms with E-state index >= 15 is 0 Å². The maximum Gasteiger partial charge on any atom is 0.118 e. The van der Waals surface area contributed by atoms with Crippen LogP contribution in [0.3, 0.4) is 0 Å². The van der Waals surface area contributed by atoms with E-state index in [0.29, 0.717) is 0 Å². The number of hydrogen-bond donors (Lipinski definition) is 2. The number of benzene rings is 1. The van der Waals surface area contributed by atoms with Crippen molar-refractivity contribution in [3.8, 4) is 0 Å². The molecule has 0 saturated heterocycles. The van der Waals surface area contributed by atoms with Gasteiger partial charge in [-0.25, -0.2) is 0 Å². The van der Waals surface area contributed by atoms with Gasteiger partial charge in [-0.15, -0.1) is 0 Å². The summed E-state index contributed by atoms with van der Waals surface area (Å²) in [4.78, 5) is 4.42. The molecule has 1 aliphatic heterocycles. The molecule has 2 rings (SSSR count). The number of nitrogens with one attached hydrogen (secondary N) is 1. The number of hydrogen-bond acceptors (Lipinski definition) is 3. The Kier molecular flexibility index (Phi) is 3.79. The van der Waals surface area contributed by atoms with Crippen LogP contribution in [0.4, 0.5) is 0 Å². The van der Waals surface area contributed by atoms with Gasteiger partial charge in [0.25, 0.3) is 0 Å². The van der Waals surface area contributed by atoms with E-state index in [0.717, 1.165) is 31.8 Å². The first-order valence-electron chi connectivity index (χ1n) is 6.42. The highest BCUT2D eigenvalue weighted by Crippen LogP contribution is 2.22. The van der Waals surface area contributed by atoms with Crippen LogP contribution in [0.1, 0.15) is 36.6 Å². The van der Waals surface area contributed by atoms with Gasteiger partial charge in [0.1, 0.15) is 5.84 Å². The Morgan fingerprint density at radius 1 is 1.35 bits per heavy atom. The summed E-state index contributed by atoms with van der Waals surface area (Å²) >= 11 is 0. The van der Waals surface area contributed by atoms with Gasteiger partial charge in [-0.1, -0.05) is 32.0 Å². The Hall–Kier alpha value is -1.35. The van der Waals surface area contributed by atoms with E-state index < -0.39 is 0 Å². The third-order valence-electron chi connectivity index (χ3n) is 3.37. The van der Waals surface area contributed by atoms with Gasteiger partial charge in [0.15, 0.2) is 0 Å². The molecule has 3 nitrogen and oxygen atoms in total. The average molecular weight is 231 g/mol. The predicted octanol–water partition coefficient (Wildman–Crippen LogP) is 1.81. The van der Waals surface area contributed by atoms with Crippen molar-refractivity contribution in [3.05, 3.63) is 34.9 Å². The number of aliphatic imine (C=N–C) groups is 1. The second-order valence-corrected chi connectivity index (χ2v) is 4.36. The van der Waals surface area contributed by atoms with Crippen molar-refractivity contribution in [2.75, 3.05) is 13.1 Å². The summed E-state index contributed by atoms with van der Waals surface area (Å²) in [5.41, 5.74) is 10.3. The van der Waals surface area contributed by atoms with E-state index in [1.807, 2.05) is 0 Å². The fraction of sp³-hybridized carbons (Fsp3) is 0.500. The molecule has 1 unspecified atom stereocenters. The van der Waals surface area contributed by atoms with Crippen LogP contribution in [0.15, 0.2) is 23.2 Å². The molecule has 92 valence electrons. The molecule has 17 heavy (non-hydrogen) atoms. The molecule has 0 saturated carbocycles. The maximum absolute atomic E-state index is 6.31. The van der Waals surface area contributed by atoms with Crippen LogP contribution in [0.2, 0.25) is 0 Å². The van der Waals surface area contributed by atoms with Gasteiger partial charge in [-0.2, -0.15) is 0 Å². The molecule has 1 atom stereocenters. The first kappa shape index (κ1) is 12.1. The summed E-state index contributed by atoms with van der Waals surface area (Å²) < 4.78 is 0. The lowest BCUT2D eigenvalue weighted by Gasteiger charge is -2.18. The molecule has 0 radical (unpaired) electrons. The van der Waals surface area contributed by atoms with Crippen LogP contribution in [-0.4, -0.2) is 18.9 Å². The molecule has 0 bridgehead atoms. The molecular formula is C14H21N3. The van der Waals surface area contributed by atoms with Crippen LogP contribution < -0.4 is 11.1 Å². The van der Waals surface area contributed by atoms with Crippen molar-refractivity contribution < 1.29 is 0 Å². The normalized spacial score (nSPS) is 16.5. The zero-order chi connectivity index (χ0) is 12.3. The minimum Gasteiger partial charge on any atom is -0.370 e. The van der Waals surface area contributed by atoms with Gasteiger partial charge >= 0.3 is 0 Å². The van der Waals surface area contributed by atoms with E-state index in [4.69, 9.17) is 5.73 Å². The second-order valence-electron chi connectivity index (χ2n) is 4.36. The van der Waals surface area contributed by atoms with E-state index in [1.54, 1.807) is 0 Å². The van der Waals surface area contributed by atoms with Gasteiger partial charge in [0, 0.05) is 6.54 Å². The van der Waals surface area contributed by atoms with Gasteiger partial charge in [-0.05, 0) is 29.5 Å². The Bertz CT molecular complexity index is 423. The van der Waals surface area contributed by atoms with Crippen LogP contribution in [0, 0.1) is 0 Å². The standard InChI is InChI=1S/C14H21N3/c1-3-10-6-5-7-12(11(10)4-2)13(15)14-16-8-9-17-14/h5-7,13H,3-4,8-9,15H2,1-2H3,(H,16,17). The van der Waals surface area contributed by atoms with Crippen molar-refractivity contribution >= 4 is 5.84 Å². The first-order valence-corrected chi connectivity index (χ1v) is 6.42. The molecule has 1 aromatic rings. The van der Waals surface area contributed by atoms with Gasteiger partial charge < -0.3 is 11.1 Å². The Balaban J connectivity index is 2.36. The molecule has 0 aromatic heterocycles. The fourth-order valence-electron chi connectivity index (χ4n) is 2.48. The Morgan fingerprint density at radius 2 is 2.18 bits per heavy atom. The summed E-state index contributed by atoms with van der Waals surface area (Å²) in [6.07, 6.45) is 2.09. The highest BCUT2D eigenvalue weighted by atomic mass is 15.1. The quantitative estimate of drug-likeness (QED) is 0.830. The van der Waals surface area contributed by atoms with Crippen LogP contribution in [-0.2, 0) is 12.8 Å². The zero-order valence-electron chi connectivity index (χ0n) is 10.7. The van der Waals surface area contributed by atoms with E-state index in [2.05, 4.69) is 42.4 Å². The molecule has 1 aliphatic rings. The number of nitrogens with two attached hydrogens (primary N) is 1. The Labute approximate surface area is 103 Å². The molecule has 0 aliphatic carbocycles. The highest BCUT2D eigenvalue weighted by molar-refractivity contribution is 5.89. The summed E-state index contributed by atoms with van der Waals surface area (Å²) in [5.74, 6) is 0.938. The summed E-state index contributed by atoms with van der Waals surface area (Å²) in [6, 6.07) is 6.33. The smallest absolute Gasteiger partial charge is 0.118 e. The minimum absolute atomic E-state index is 0.0982. The number of rotatable bonds is 4.